The Labute approximate surface area is 76.4 Å². The largest absolute Gasteiger partial charge is 0.468 e. The van der Waals surface area contributed by atoms with Crippen LogP contribution in [0.15, 0.2) is 0 Å². The smallest absolute Gasteiger partial charge is 0.316 e. The molecule has 1 spiro atoms. The van der Waals surface area contributed by atoms with Crippen LogP contribution in [-0.4, -0.2) is 18.9 Å². The van der Waals surface area contributed by atoms with E-state index in [1.54, 1.807) is 0 Å². The van der Waals surface area contributed by atoms with Gasteiger partial charge in [-0.3, -0.25) is 9.59 Å². The summed E-state index contributed by atoms with van der Waals surface area (Å²) < 4.78 is 4.66. The predicted molar refractivity (Wildman–Crippen MR) is 43.8 cm³/mol. The van der Waals surface area contributed by atoms with Crippen molar-refractivity contribution in [3.05, 3.63) is 0 Å². The van der Waals surface area contributed by atoms with Gasteiger partial charge in [0.05, 0.1) is 7.11 Å². The zero-order valence-corrected chi connectivity index (χ0v) is 7.58. The van der Waals surface area contributed by atoms with Crippen molar-refractivity contribution >= 4 is 11.8 Å². The van der Waals surface area contributed by atoms with Gasteiger partial charge in [0.2, 0.25) is 0 Å². The van der Waals surface area contributed by atoms with Crippen molar-refractivity contribution in [2.45, 2.75) is 19.3 Å². The average Bonchev–Trinajstić information content (AvgIpc) is 2.76. The third kappa shape index (κ3) is 0.640. The summed E-state index contributed by atoms with van der Waals surface area (Å²) in [7, 11) is 1.37. The first-order chi connectivity index (χ1) is 6.20. The summed E-state index contributed by atoms with van der Waals surface area (Å²) in [5.74, 6) is 0.000856. The van der Waals surface area contributed by atoms with Crippen molar-refractivity contribution in [1.82, 2.24) is 0 Å². The van der Waals surface area contributed by atoms with Crippen molar-refractivity contribution < 1.29 is 14.3 Å². The highest BCUT2D eigenvalue weighted by Gasteiger charge is 2.76. The Morgan fingerprint density at radius 2 is 2.38 bits per heavy atom. The van der Waals surface area contributed by atoms with Crippen LogP contribution >= 0.6 is 0 Å². The molecule has 0 aromatic carbocycles. The normalized spacial score (nSPS) is 50.5. The molecule has 0 radical (unpaired) electrons. The summed E-state index contributed by atoms with van der Waals surface area (Å²) in [6, 6.07) is 0. The summed E-state index contributed by atoms with van der Waals surface area (Å²) >= 11 is 0. The molecule has 3 saturated carbocycles. The van der Waals surface area contributed by atoms with Gasteiger partial charge in [-0.2, -0.15) is 0 Å². The topological polar surface area (TPSA) is 43.4 Å². The number of methoxy groups -OCH3 is 1. The highest BCUT2D eigenvalue weighted by atomic mass is 16.5. The molecule has 0 aromatic heterocycles. The van der Waals surface area contributed by atoms with Crippen LogP contribution in [0.1, 0.15) is 19.3 Å². The number of ether oxygens (including phenoxy) is 1. The number of carbonyl (C=O) groups excluding carboxylic acids is 2. The minimum Gasteiger partial charge on any atom is -0.468 e. The fourth-order valence-corrected chi connectivity index (χ4v) is 3.40. The number of Topliss-reactive ketones (excluding diaryl/α,β-unsaturated/α-hetero) is 1. The number of hydrogen-bond acceptors (Lipinski definition) is 3. The van der Waals surface area contributed by atoms with Gasteiger partial charge >= 0.3 is 5.97 Å². The van der Waals surface area contributed by atoms with Crippen molar-refractivity contribution in [2.24, 2.45) is 23.2 Å². The molecule has 0 aliphatic heterocycles. The lowest BCUT2D eigenvalue weighted by atomic mass is 9.71. The fraction of sp³-hybridized carbons (Fsp3) is 0.800. The molecule has 0 amide bonds. The maximum atomic E-state index is 11.7. The maximum Gasteiger partial charge on any atom is 0.316 e. The highest BCUT2D eigenvalue weighted by molar-refractivity contribution is 6.04. The summed E-state index contributed by atoms with van der Waals surface area (Å²) in [6.45, 7) is 0. The van der Waals surface area contributed by atoms with Gasteiger partial charge in [0.15, 0.2) is 5.78 Å². The van der Waals surface area contributed by atoms with Crippen molar-refractivity contribution in [1.29, 1.82) is 0 Å². The van der Waals surface area contributed by atoms with E-state index in [1.807, 2.05) is 0 Å². The molecule has 70 valence electrons. The van der Waals surface area contributed by atoms with Crippen molar-refractivity contribution in [2.75, 3.05) is 7.11 Å². The van der Waals surface area contributed by atoms with Crippen LogP contribution in [-0.2, 0) is 14.3 Å². The number of ketones is 1. The zero-order chi connectivity index (χ0) is 9.22. The molecule has 3 rings (SSSR count). The number of esters is 1. The molecule has 3 nitrogen and oxygen atoms in total. The number of carbonyl (C=O) groups is 2. The standard InChI is InChI=1S/C10H12O3/c1-13-9(12)7-6-4-10(6)3-2-5(10)8(7)11/h5-7H,2-4H2,1H3. The molecule has 0 saturated heterocycles. The second-order valence-corrected chi connectivity index (χ2v) is 4.54. The van der Waals surface area contributed by atoms with Crippen LogP contribution in [0.5, 0.6) is 0 Å². The fourth-order valence-electron chi connectivity index (χ4n) is 3.40. The Bertz CT molecular complexity index is 309. The predicted octanol–water partition coefficient (Wildman–Crippen LogP) is 0.775. The molecule has 0 heterocycles. The van der Waals surface area contributed by atoms with E-state index in [4.69, 9.17) is 0 Å². The summed E-state index contributed by atoms with van der Waals surface area (Å²) in [6.07, 6.45) is 3.24. The average molecular weight is 180 g/mol. The van der Waals surface area contributed by atoms with Gasteiger partial charge in [0, 0.05) is 5.92 Å². The van der Waals surface area contributed by atoms with Gasteiger partial charge in [-0.25, -0.2) is 0 Å². The van der Waals surface area contributed by atoms with E-state index in [0.717, 1.165) is 19.3 Å². The lowest BCUT2D eigenvalue weighted by Crippen LogP contribution is -2.33. The van der Waals surface area contributed by atoms with Gasteiger partial charge < -0.3 is 4.74 Å². The van der Waals surface area contributed by atoms with Crippen LogP contribution in [0.25, 0.3) is 0 Å². The Morgan fingerprint density at radius 3 is 2.77 bits per heavy atom. The summed E-state index contributed by atoms with van der Waals surface area (Å²) in [5, 5.41) is 0. The van der Waals surface area contributed by atoms with E-state index in [0.29, 0.717) is 5.92 Å². The second kappa shape index (κ2) is 1.97. The minimum atomic E-state index is -0.405. The van der Waals surface area contributed by atoms with Crippen LogP contribution in [0.3, 0.4) is 0 Å². The van der Waals surface area contributed by atoms with E-state index in [-0.39, 0.29) is 23.1 Å². The summed E-state index contributed by atoms with van der Waals surface area (Å²) in [4.78, 5) is 23.0. The Kier molecular flexibility index (Phi) is 1.14. The molecular formula is C10H12O3. The zero-order valence-electron chi connectivity index (χ0n) is 7.58. The van der Waals surface area contributed by atoms with Gasteiger partial charge in [-0.1, -0.05) is 0 Å². The Hall–Kier alpha value is -0.860. The third-order valence-corrected chi connectivity index (χ3v) is 4.28. The SMILES string of the molecule is COC(=O)C1C(=O)C2CCC23CC13. The monoisotopic (exact) mass is 180 g/mol. The van der Waals surface area contributed by atoms with E-state index in [2.05, 4.69) is 4.74 Å². The molecule has 0 bridgehead atoms. The first kappa shape index (κ1) is 7.54. The molecule has 3 aliphatic carbocycles. The van der Waals surface area contributed by atoms with Crippen LogP contribution < -0.4 is 0 Å². The quantitative estimate of drug-likeness (QED) is 0.442. The Morgan fingerprint density at radius 1 is 1.62 bits per heavy atom. The van der Waals surface area contributed by atoms with E-state index in [1.165, 1.54) is 7.11 Å². The van der Waals surface area contributed by atoms with Gasteiger partial charge in [-0.15, -0.1) is 0 Å². The molecule has 0 aromatic rings. The van der Waals surface area contributed by atoms with E-state index >= 15 is 0 Å². The molecular weight excluding hydrogens is 168 g/mol. The van der Waals surface area contributed by atoms with E-state index < -0.39 is 5.92 Å². The van der Waals surface area contributed by atoms with Crippen molar-refractivity contribution in [3.8, 4) is 0 Å². The summed E-state index contributed by atoms with van der Waals surface area (Å²) in [5.41, 5.74) is 0.274. The first-order valence-electron chi connectivity index (χ1n) is 4.82. The van der Waals surface area contributed by atoms with Gasteiger partial charge in [0.25, 0.3) is 0 Å². The third-order valence-electron chi connectivity index (χ3n) is 4.28. The second-order valence-electron chi connectivity index (χ2n) is 4.54. The minimum absolute atomic E-state index is 0.161. The van der Waals surface area contributed by atoms with E-state index in [9.17, 15) is 9.59 Å². The van der Waals surface area contributed by atoms with Crippen molar-refractivity contribution in [3.63, 3.8) is 0 Å². The molecule has 4 unspecified atom stereocenters. The number of rotatable bonds is 1. The first-order valence-corrected chi connectivity index (χ1v) is 4.82. The highest BCUT2D eigenvalue weighted by Crippen LogP contribution is 2.76. The Balaban J connectivity index is 1.91. The van der Waals surface area contributed by atoms with Gasteiger partial charge in [0.1, 0.15) is 5.92 Å². The molecule has 13 heavy (non-hydrogen) atoms. The lowest BCUT2D eigenvalue weighted by Gasteiger charge is -2.32. The maximum absolute atomic E-state index is 11.7. The van der Waals surface area contributed by atoms with Crippen LogP contribution in [0, 0.1) is 23.2 Å². The van der Waals surface area contributed by atoms with Crippen LogP contribution in [0.4, 0.5) is 0 Å². The molecule has 3 fully saturated rings. The van der Waals surface area contributed by atoms with Gasteiger partial charge in [-0.05, 0) is 30.6 Å². The molecule has 3 heteroatoms. The van der Waals surface area contributed by atoms with Crippen LogP contribution in [0.2, 0.25) is 0 Å². The number of hydrogen-bond donors (Lipinski definition) is 0. The lowest BCUT2D eigenvalue weighted by molar-refractivity contribution is -0.150. The molecule has 3 aliphatic rings. The molecule has 0 N–H and O–H groups in total. The molecule has 4 atom stereocenters.